The molecule has 0 amide bonds. The summed E-state index contributed by atoms with van der Waals surface area (Å²) in [5.74, 6) is 0.621. The molecule has 0 fully saturated rings. The Labute approximate surface area is 81.2 Å². The van der Waals surface area contributed by atoms with Gasteiger partial charge in [-0.05, 0) is 11.4 Å². The summed E-state index contributed by atoms with van der Waals surface area (Å²) >= 11 is 0. The molecule has 3 heteroatoms. The third-order valence-electron chi connectivity index (χ3n) is 2.33. The first-order valence-corrected chi connectivity index (χ1v) is 5.36. The van der Waals surface area contributed by atoms with Crippen LogP contribution in [-0.2, 0) is 0 Å². The van der Waals surface area contributed by atoms with Crippen LogP contribution in [0.2, 0.25) is 0 Å². The molecule has 13 heavy (non-hydrogen) atoms. The van der Waals surface area contributed by atoms with Crippen LogP contribution in [0.4, 0.5) is 0 Å². The summed E-state index contributed by atoms with van der Waals surface area (Å²) in [5.41, 5.74) is 8.22. The molecule has 0 aliphatic rings. The van der Waals surface area contributed by atoms with E-state index in [-0.39, 0.29) is 0 Å². The fourth-order valence-corrected chi connectivity index (χ4v) is 1.46. The first-order valence-electron chi connectivity index (χ1n) is 5.36. The molecule has 0 atom stereocenters. The van der Waals surface area contributed by atoms with E-state index in [9.17, 15) is 0 Å². The van der Waals surface area contributed by atoms with Crippen molar-refractivity contribution >= 4 is 0 Å². The number of nitrogens with zero attached hydrogens (tertiary/aromatic N) is 3. The Morgan fingerprint density at radius 1 is 1.15 bits per heavy atom. The lowest BCUT2D eigenvalue weighted by Crippen LogP contribution is -2.04. The van der Waals surface area contributed by atoms with Crippen LogP contribution in [-0.4, -0.2) is 6.54 Å². The maximum absolute atomic E-state index is 8.22. The standard InChI is InChI=1S/C10H21N3/c1-3-5-7-10(8-6-4-2)9-12-13-11/h10H,3-9H2,1-2H3. The van der Waals surface area contributed by atoms with Crippen molar-refractivity contribution in [1.29, 1.82) is 0 Å². The van der Waals surface area contributed by atoms with Gasteiger partial charge in [0.2, 0.25) is 0 Å². The molecule has 0 saturated heterocycles. The Bertz CT molecular complexity index is 142. The van der Waals surface area contributed by atoms with E-state index in [0.29, 0.717) is 12.5 Å². The summed E-state index contributed by atoms with van der Waals surface area (Å²) in [7, 11) is 0. The Morgan fingerprint density at radius 3 is 2.08 bits per heavy atom. The lowest BCUT2D eigenvalue weighted by Gasteiger charge is -2.12. The van der Waals surface area contributed by atoms with Crippen molar-refractivity contribution in [2.75, 3.05) is 6.54 Å². The van der Waals surface area contributed by atoms with Gasteiger partial charge in [0.1, 0.15) is 0 Å². The SMILES string of the molecule is CCCCC(CCCC)CN=[N+]=[N-]. The zero-order valence-corrected chi connectivity index (χ0v) is 8.87. The maximum Gasteiger partial charge on any atom is 0.0286 e. The van der Waals surface area contributed by atoms with E-state index in [0.717, 1.165) is 0 Å². The number of hydrogen-bond donors (Lipinski definition) is 0. The van der Waals surface area contributed by atoms with Crippen LogP contribution in [0.3, 0.4) is 0 Å². The topological polar surface area (TPSA) is 48.8 Å². The van der Waals surface area contributed by atoms with Crippen LogP contribution in [0.1, 0.15) is 52.4 Å². The van der Waals surface area contributed by atoms with E-state index in [2.05, 4.69) is 23.9 Å². The third kappa shape index (κ3) is 7.66. The largest absolute Gasteiger partial charge is 0.0937 e. The molecule has 0 aromatic carbocycles. The molecular formula is C10H21N3. The van der Waals surface area contributed by atoms with Gasteiger partial charge in [-0.25, -0.2) is 0 Å². The zero-order valence-electron chi connectivity index (χ0n) is 8.87. The molecule has 0 radical (unpaired) electrons. The van der Waals surface area contributed by atoms with Gasteiger partial charge in [0.05, 0.1) is 0 Å². The van der Waals surface area contributed by atoms with Gasteiger partial charge in [-0.2, -0.15) is 0 Å². The highest BCUT2D eigenvalue weighted by Crippen LogP contribution is 2.16. The molecule has 0 aromatic rings. The van der Waals surface area contributed by atoms with Crippen molar-refractivity contribution in [1.82, 2.24) is 0 Å². The molecule has 0 rings (SSSR count). The Morgan fingerprint density at radius 2 is 1.69 bits per heavy atom. The smallest absolute Gasteiger partial charge is 0.0286 e. The number of hydrogen-bond acceptors (Lipinski definition) is 1. The van der Waals surface area contributed by atoms with Crippen LogP contribution in [0, 0.1) is 5.92 Å². The Balaban J connectivity index is 3.65. The average Bonchev–Trinajstić information content (AvgIpc) is 2.17. The molecule has 0 saturated carbocycles. The molecule has 76 valence electrons. The monoisotopic (exact) mass is 183 g/mol. The van der Waals surface area contributed by atoms with E-state index in [4.69, 9.17) is 5.53 Å². The van der Waals surface area contributed by atoms with Crippen molar-refractivity contribution in [2.24, 2.45) is 11.0 Å². The second kappa shape index (κ2) is 9.40. The summed E-state index contributed by atoms with van der Waals surface area (Å²) < 4.78 is 0. The molecule has 0 bridgehead atoms. The average molecular weight is 183 g/mol. The minimum absolute atomic E-state index is 0.621. The van der Waals surface area contributed by atoms with Crippen LogP contribution in [0.5, 0.6) is 0 Å². The van der Waals surface area contributed by atoms with Gasteiger partial charge in [-0.3, -0.25) is 0 Å². The molecule has 0 N–H and O–H groups in total. The second-order valence-electron chi connectivity index (χ2n) is 3.56. The van der Waals surface area contributed by atoms with Gasteiger partial charge in [0.15, 0.2) is 0 Å². The lowest BCUT2D eigenvalue weighted by atomic mass is 9.96. The minimum atomic E-state index is 0.621. The van der Waals surface area contributed by atoms with Gasteiger partial charge in [0.25, 0.3) is 0 Å². The third-order valence-corrected chi connectivity index (χ3v) is 2.33. The van der Waals surface area contributed by atoms with Gasteiger partial charge in [-0.15, -0.1) is 0 Å². The Hall–Kier alpha value is -0.690. The summed E-state index contributed by atoms with van der Waals surface area (Å²) in [5, 5.41) is 3.66. The molecule has 0 aliphatic heterocycles. The van der Waals surface area contributed by atoms with E-state index in [1.165, 1.54) is 38.5 Å². The normalized spacial score (nSPS) is 10.1. The fraction of sp³-hybridized carbons (Fsp3) is 1.00. The molecular weight excluding hydrogens is 162 g/mol. The van der Waals surface area contributed by atoms with Crippen molar-refractivity contribution in [3.63, 3.8) is 0 Å². The van der Waals surface area contributed by atoms with Crippen LogP contribution in [0.15, 0.2) is 5.11 Å². The van der Waals surface area contributed by atoms with Gasteiger partial charge in [-0.1, -0.05) is 57.5 Å². The molecule has 0 heterocycles. The summed E-state index contributed by atoms with van der Waals surface area (Å²) in [4.78, 5) is 2.82. The van der Waals surface area contributed by atoms with E-state index < -0.39 is 0 Å². The van der Waals surface area contributed by atoms with Crippen molar-refractivity contribution in [2.45, 2.75) is 52.4 Å². The maximum atomic E-state index is 8.22. The summed E-state index contributed by atoms with van der Waals surface area (Å²) in [6.45, 7) is 5.09. The molecule has 0 unspecified atom stereocenters. The van der Waals surface area contributed by atoms with Crippen LogP contribution in [0.25, 0.3) is 10.4 Å². The van der Waals surface area contributed by atoms with Crippen molar-refractivity contribution in [3.05, 3.63) is 10.4 Å². The molecule has 0 aliphatic carbocycles. The number of unbranched alkanes of at least 4 members (excludes halogenated alkanes) is 2. The van der Waals surface area contributed by atoms with Gasteiger partial charge >= 0.3 is 0 Å². The highest BCUT2D eigenvalue weighted by atomic mass is 15.1. The summed E-state index contributed by atoms with van der Waals surface area (Å²) in [6, 6.07) is 0. The summed E-state index contributed by atoms with van der Waals surface area (Å²) in [6.07, 6.45) is 7.42. The Kier molecular flexibility index (Phi) is 8.90. The minimum Gasteiger partial charge on any atom is -0.0937 e. The van der Waals surface area contributed by atoms with Crippen molar-refractivity contribution in [3.8, 4) is 0 Å². The molecule has 3 nitrogen and oxygen atoms in total. The quantitative estimate of drug-likeness (QED) is 0.306. The number of rotatable bonds is 8. The van der Waals surface area contributed by atoms with Crippen molar-refractivity contribution < 1.29 is 0 Å². The van der Waals surface area contributed by atoms with Crippen LogP contribution >= 0.6 is 0 Å². The van der Waals surface area contributed by atoms with Gasteiger partial charge < -0.3 is 0 Å². The predicted molar refractivity (Wildman–Crippen MR) is 56.6 cm³/mol. The van der Waals surface area contributed by atoms with E-state index in [1.807, 2.05) is 0 Å². The highest BCUT2D eigenvalue weighted by Gasteiger charge is 2.05. The first kappa shape index (κ1) is 12.3. The molecule has 0 spiro atoms. The highest BCUT2D eigenvalue weighted by molar-refractivity contribution is 4.62. The first-order chi connectivity index (χ1) is 6.35. The predicted octanol–water partition coefficient (Wildman–Crippen LogP) is 4.29. The second-order valence-corrected chi connectivity index (χ2v) is 3.56. The van der Waals surface area contributed by atoms with E-state index >= 15 is 0 Å². The fourth-order valence-electron chi connectivity index (χ4n) is 1.46. The number of azide groups is 1. The van der Waals surface area contributed by atoms with Crippen LogP contribution < -0.4 is 0 Å². The molecule has 0 aromatic heterocycles. The van der Waals surface area contributed by atoms with E-state index in [1.54, 1.807) is 0 Å². The lowest BCUT2D eigenvalue weighted by molar-refractivity contribution is 0.428. The zero-order chi connectivity index (χ0) is 9.94. The van der Waals surface area contributed by atoms with Gasteiger partial charge in [0, 0.05) is 11.5 Å².